The summed E-state index contributed by atoms with van der Waals surface area (Å²) in [6.45, 7) is 0.463. The normalized spacial score (nSPS) is 24.1. The minimum Gasteiger partial charge on any atom is -0.353 e. The highest BCUT2D eigenvalue weighted by molar-refractivity contribution is 7.13. The Hall–Kier alpha value is -1.43. The zero-order valence-corrected chi connectivity index (χ0v) is 10.8. The van der Waals surface area contributed by atoms with E-state index in [1.165, 1.54) is 17.8 Å². The second-order valence-electron chi connectivity index (χ2n) is 4.86. The molecule has 2 amide bonds. The number of rotatable bonds is 3. The van der Waals surface area contributed by atoms with E-state index in [1.54, 1.807) is 11.1 Å². The molecule has 6 heteroatoms. The Kier molecular flexibility index (Phi) is 3.03. The van der Waals surface area contributed by atoms with E-state index in [-0.39, 0.29) is 17.7 Å². The van der Waals surface area contributed by atoms with E-state index in [2.05, 4.69) is 10.3 Å². The molecule has 1 saturated heterocycles. The van der Waals surface area contributed by atoms with Crippen LogP contribution in [0.2, 0.25) is 0 Å². The number of carbonyl (C=O) groups excluding carboxylic acids is 2. The maximum Gasteiger partial charge on any atom is 0.229 e. The summed E-state index contributed by atoms with van der Waals surface area (Å²) in [6, 6.07) is 0.335. The lowest BCUT2D eigenvalue weighted by atomic mass is 9.92. The summed E-state index contributed by atoms with van der Waals surface area (Å²) in [5.74, 6) is -0.201. The Morgan fingerprint density at radius 3 is 2.94 bits per heavy atom. The van der Waals surface area contributed by atoms with E-state index in [4.69, 9.17) is 0 Å². The van der Waals surface area contributed by atoms with Crippen LogP contribution in [0.5, 0.6) is 0 Å². The van der Waals surface area contributed by atoms with Gasteiger partial charge in [-0.1, -0.05) is 0 Å². The van der Waals surface area contributed by atoms with Crippen LogP contribution >= 0.6 is 11.3 Å². The average Bonchev–Trinajstić information content (AvgIpc) is 2.91. The van der Waals surface area contributed by atoms with Crippen LogP contribution in [0, 0.1) is 5.92 Å². The van der Waals surface area contributed by atoms with Crippen LogP contribution in [-0.4, -0.2) is 29.4 Å². The van der Waals surface area contributed by atoms with E-state index in [9.17, 15) is 9.59 Å². The van der Waals surface area contributed by atoms with E-state index < -0.39 is 0 Å². The number of nitrogens with one attached hydrogen (secondary N) is 1. The third-order valence-corrected chi connectivity index (χ3v) is 4.39. The molecule has 0 bridgehead atoms. The summed E-state index contributed by atoms with van der Waals surface area (Å²) in [5, 5.41) is 5.54. The van der Waals surface area contributed by atoms with Crippen LogP contribution in [0.15, 0.2) is 11.6 Å². The molecule has 0 spiro atoms. The second kappa shape index (κ2) is 4.68. The number of nitrogens with zero attached hydrogens (tertiary/aromatic N) is 2. The lowest BCUT2D eigenvalue weighted by Crippen LogP contribution is -2.43. The number of carbonyl (C=O) groups is 2. The van der Waals surface area contributed by atoms with Gasteiger partial charge in [0.05, 0.1) is 5.92 Å². The Bertz CT molecular complexity index is 456. The summed E-state index contributed by atoms with van der Waals surface area (Å²) in [7, 11) is 0. The fourth-order valence-electron chi connectivity index (χ4n) is 2.29. The van der Waals surface area contributed by atoms with Gasteiger partial charge in [0.1, 0.15) is 0 Å². The lowest BCUT2D eigenvalue weighted by Gasteiger charge is -2.27. The number of amides is 2. The molecule has 1 aliphatic carbocycles. The Labute approximate surface area is 109 Å². The summed E-state index contributed by atoms with van der Waals surface area (Å²) in [5.41, 5.74) is 0. The van der Waals surface area contributed by atoms with E-state index >= 15 is 0 Å². The molecule has 1 unspecified atom stereocenters. The van der Waals surface area contributed by atoms with Gasteiger partial charge in [0.15, 0.2) is 5.13 Å². The fraction of sp³-hybridized carbons (Fsp3) is 0.583. The first-order valence-corrected chi connectivity index (χ1v) is 7.12. The van der Waals surface area contributed by atoms with Crippen LogP contribution in [0.1, 0.15) is 25.7 Å². The van der Waals surface area contributed by atoms with Gasteiger partial charge in [-0.3, -0.25) is 14.5 Å². The van der Waals surface area contributed by atoms with Crippen molar-refractivity contribution in [2.45, 2.75) is 31.7 Å². The molecule has 0 aromatic carbocycles. The van der Waals surface area contributed by atoms with Crippen molar-refractivity contribution in [2.24, 2.45) is 5.92 Å². The van der Waals surface area contributed by atoms with Crippen molar-refractivity contribution in [1.82, 2.24) is 10.3 Å². The molecule has 1 saturated carbocycles. The zero-order valence-electron chi connectivity index (χ0n) is 9.96. The van der Waals surface area contributed by atoms with Crippen LogP contribution < -0.4 is 10.2 Å². The average molecular weight is 265 g/mol. The number of aromatic nitrogens is 1. The minimum atomic E-state index is -0.220. The molecule has 1 aromatic heterocycles. The highest BCUT2D eigenvalue weighted by Gasteiger charge is 2.37. The molecular weight excluding hydrogens is 250 g/mol. The molecule has 96 valence electrons. The first kappa shape index (κ1) is 11.6. The Balaban J connectivity index is 1.62. The van der Waals surface area contributed by atoms with Gasteiger partial charge in [0.2, 0.25) is 11.8 Å². The summed E-state index contributed by atoms with van der Waals surface area (Å²) >= 11 is 1.43. The molecule has 0 radical (unpaired) electrons. The van der Waals surface area contributed by atoms with E-state index in [0.717, 1.165) is 12.8 Å². The third-order valence-electron chi connectivity index (χ3n) is 3.60. The topological polar surface area (TPSA) is 62.3 Å². The van der Waals surface area contributed by atoms with Gasteiger partial charge in [-0.05, 0) is 19.3 Å². The molecule has 1 aromatic rings. The SMILES string of the molecule is O=C(NC1CCC1)C1CC(=O)N(c2nccs2)C1. The fourth-order valence-corrected chi connectivity index (χ4v) is 2.96. The number of hydrogen-bond donors (Lipinski definition) is 1. The van der Waals surface area contributed by atoms with Crippen LogP contribution in [0.3, 0.4) is 0 Å². The quantitative estimate of drug-likeness (QED) is 0.892. The van der Waals surface area contributed by atoms with Gasteiger partial charge in [-0.2, -0.15) is 0 Å². The number of thiazole rings is 1. The lowest BCUT2D eigenvalue weighted by molar-refractivity contribution is -0.127. The van der Waals surface area contributed by atoms with Crippen LogP contribution in [0.4, 0.5) is 5.13 Å². The summed E-state index contributed by atoms with van der Waals surface area (Å²) in [4.78, 5) is 29.6. The maximum atomic E-state index is 12.0. The van der Waals surface area contributed by atoms with Crippen LogP contribution in [-0.2, 0) is 9.59 Å². The largest absolute Gasteiger partial charge is 0.353 e. The molecule has 2 fully saturated rings. The van der Waals surface area contributed by atoms with Gasteiger partial charge in [-0.15, -0.1) is 11.3 Å². The second-order valence-corrected chi connectivity index (χ2v) is 5.73. The van der Waals surface area contributed by atoms with Gasteiger partial charge in [0, 0.05) is 30.6 Å². The van der Waals surface area contributed by atoms with Crippen molar-refractivity contribution in [2.75, 3.05) is 11.4 Å². The van der Waals surface area contributed by atoms with Crippen molar-refractivity contribution in [1.29, 1.82) is 0 Å². The molecule has 1 N–H and O–H groups in total. The zero-order chi connectivity index (χ0) is 12.5. The molecular formula is C12H15N3O2S. The maximum absolute atomic E-state index is 12.0. The van der Waals surface area contributed by atoms with E-state index in [0.29, 0.717) is 24.1 Å². The first-order valence-electron chi connectivity index (χ1n) is 6.24. The highest BCUT2D eigenvalue weighted by atomic mass is 32.1. The summed E-state index contributed by atoms with van der Waals surface area (Å²) in [6.07, 6.45) is 5.32. The smallest absolute Gasteiger partial charge is 0.229 e. The van der Waals surface area contributed by atoms with Crippen LogP contribution in [0.25, 0.3) is 0 Å². The number of hydrogen-bond acceptors (Lipinski definition) is 4. The molecule has 2 heterocycles. The third kappa shape index (κ3) is 2.12. The molecule has 1 aliphatic heterocycles. The van der Waals surface area contributed by atoms with Crippen molar-refractivity contribution < 1.29 is 9.59 Å². The highest BCUT2D eigenvalue weighted by Crippen LogP contribution is 2.27. The molecule has 2 aliphatic rings. The first-order chi connectivity index (χ1) is 8.74. The van der Waals surface area contributed by atoms with E-state index in [1.807, 2.05) is 5.38 Å². The van der Waals surface area contributed by atoms with Crippen molar-refractivity contribution >= 4 is 28.3 Å². The van der Waals surface area contributed by atoms with Crippen molar-refractivity contribution in [3.8, 4) is 0 Å². The monoisotopic (exact) mass is 265 g/mol. The van der Waals surface area contributed by atoms with Gasteiger partial charge in [-0.25, -0.2) is 4.98 Å². The Morgan fingerprint density at radius 2 is 2.33 bits per heavy atom. The standard InChI is InChI=1S/C12H15N3O2S/c16-10-6-8(11(17)14-9-2-1-3-9)7-15(10)12-13-4-5-18-12/h4-5,8-9H,1-3,6-7H2,(H,14,17). The van der Waals surface area contributed by atoms with Gasteiger partial charge in [0.25, 0.3) is 0 Å². The van der Waals surface area contributed by atoms with Gasteiger partial charge >= 0.3 is 0 Å². The minimum absolute atomic E-state index is 0.00119. The molecule has 18 heavy (non-hydrogen) atoms. The molecule has 5 nitrogen and oxygen atoms in total. The van der Waals surface area contributed by atoms with Gasteiger partial charge < -0.3 is 5.32 Å². The van der Waals surface area contributed by atoms with Crippen molar-refractivity contribution in [3.63, 3.8) is 0 Å². The molecule has 1 atom stereocenters. The molecule has 3 rings (SSSR count). The summed E-state index contributed by atoms with van der Waals surface area (Å²) < 4.78 is 0. The number of anilines is 1. The Morgan fingerprint density at radius 1 is 1.50 bits per heavy atom. The predicted octanol–water partition coefficient (Wildman–Crippen LogP) is 1.16. The predicted molar refractivity (Wildman–Crippen MR) is 68.4 cm³/mol. The van der Waals surface area contributed by atoms with Crippen molar-refractivity contribution in [3.05, 3.63) is 11.6 Å².